The molecule has 2 saturated heterocycles. The Hall–Kier alpha value is -0.420. The Morgan fingerprint density at radius 1 is 1.20 bits per heavy atom. The predicted molar refractivity (Wildman–Crippen MR) is 110 cm³/mol. The van der Waals surface area contributed by atoms with Crippen LogP contribution in [0.4, 0.5) is 0 Å². The quantitative estimate of drug-likeness (QED) is 0.585. The first-order valence-corrected chi connectivity index (χ1v) is 11.5. The Kier molecular flexibility index (Phi) is 7.35. The van der Waals surface area contributed by atoms with Gasteiger partial charge in [0.15, 0.2) is 6.29 Å². The fourth-order valence-electron chi connectivity index (χ4n) is 3.72. The number of hydrogen-bond acceptors (Lipinski definition) is 4. The molecule has 3 rings (SSSR count). The highest BCUT2D eigenvalue weighted by Crippen LogP contribution is 2.44. The molecule has 0 aliphatic carbocycles. The summed E-state index contributed by atoms with van der Waals surface area (Å²) >= 11 is 4.19. The molecule has 2 fully saturated rings. The van der Waals surface area contributed by atoms with Gasteiger partial charge in [0.25, 0.3) is 0 Å². The van der Waals surface area contributed by atoms with Gasteiger partial charge in [-0.2, -0.15) is 0 Å². The fraction of sp³-hybridized carbons (Fsp3) is 0.619. The fourth-order valence-corrected chi connectivity index (χ4v) is 6.91. The van der Waals surface area contributed by atoms with Crippen LogP contribution in [0.3, 0.4) is 0 Å². The SMILES string of the molecule is C=C[C@@H](C)C[C@@H](C)[C@H]1O[C@@H](c2ccccc2)OC[C@@H]1C1SCCCS1. The molecule has 2 nitrogen and oxygen atoms in total. The van der Waals surface area contributed by atoms with Crippen LogP contribution in [-0.4, -0.2) is 28.8 Å². The van der Waals surface area contributed by atoms with Crippen molar-refractivity contribution in [2.75, 3.05) is 18.1 Å². The van der Waals surface area contributed by atoms with E-state index in [4.69, 9.17) is 9.47 Å². The second kappa shape index (κ2) is 9.50. The van der Waals surface area contributed by atoms with Gasteiger partial charge in [-0.25, -0.2) is 0 Å². The summed E-state index contributed by atoms with van der Waals surface area (Å²) < 4.78 is 13.3. The predicted octanol–water partition coefficient (Wildman–Crippen LogP) is 5.76. The number of thioether (sulfide) groups is 2. The van der Waals surface area contributed by atoms with Crippen molar-refractivity contribution in [1.29, 1.82) is 0 Å². The van der Waals surface area contributed by atoms with Gasteiger partial charge in [-0.3, -0.25) is 0 Å². The third-order valence-electron chi connectivity index (χ3n) is 5.12. The molecule has 0 saturated carbocycles. The molecule has 0 unspecified atom stereocenters. The van der Waals surface area contributed by atoms with Crippen LogP contribution in [0.1, 0.15) is 38.5 Å². The summed E-state index contributed by atoms with van der Waals surface area (Å²) in [4.78, 5) is 0. The molecule has 25 heavy (non-hydrogen) atoms. The van der Waals surface area contributed by atoms with Crippen LogP contribution < -0.4 is 0 Å². The van der Waals surface area contributed by atoms with E-state index in [-0.39, 0.29) is 12.4 Å². The minimum atomic E-state index is -0.234. The van der Waals surface area contributed by atoms with Gasteiger partial charge >= 0.3 is 0 Å². The van der Waals surface area contributed by atoms with Crippen LogP contribution in [0.15, 0.2) is 43.0 Å². The van der Waals surface area contributed by atoms with E-state index in [0.717, 1.165) is 18.6 Å². The zero-order valence-corrected chi connectivity index (χ0v) is 16.9. The summed E-state index contributed by atoms with van der Waals surface area (Å²) in [5, 5.41) is 0. The van der Waals surface area contributed by atoms with Gasteiger partial charge in [0, 0.05) is 11.5 Å². The Bertz CT molecular complexity index is 530. The molecule has 1 aromatic carbocycles. The second-order valence-corrected chi connectivity index (χ2v) is 10.0. The first-order chi connectivity index (χ1) is 12.2. The topological polar surface area (TPSA) is 18.5 Å². The number of benzene rings is 1. The Balaban J connectivity index is 1.74. The van der Waals surface area contributed by atoms with E-state index in [2.05, 4.69) is 74.3 Å². The van der Waals surface area contributed by atoms with E-state index in [1.165, 1.54) is 17.9 Å². The highest BCUT2D eigenvalue weighted by molar-refractivity contribution is 8.17. The smallest absolute Gasteiger partial charge is 0.184 e. The highest BCUT2D eigenvalue weighted by Gasteiger charge is 2.41. The zero-order chi connectivity index (χ0) is 17.6. The van der Waals surface area contributed by atoms with Crippen LogP contribution in [0.25, 0.3) is 0 Å². The molecular formula is C21H30O2S2. The summed E-state index contributed by atoms with van der Waals surface area (Å²) in [5.74, 6) is 4.00. The van der Waals surface area contributed by atoms with Gasteiger partial charge in [-0.1, -0.05) is 50.3 Å². The standard InChI is InChI=1S/C21H30O2S2/c1-4-15(2)13-16(3)19-18(21-24-11-8-12-25-21)14-22-20(23-19)17-9-6-5-7-10-17/h4-7,9-10,15-16,18-21H,1,8,11-14H2,2-3H3/t15-,16-,18+,19-,20+/m1/s1. The first kappa shape index (κ1) is 19.3. The summed E-state index contributed by atoms with van der Waals surface area (Å²) in [6.07, 6.45) is 4.50. The van der Waals surface area contributed by atoms with E-state index in [1.54, 1.807) is 0 Å². The number of rotatable bonds is 6. The van der Waals surface area contributed by atoms with Crippen LogP contribution in [0.2, 0.25) is 0 Å². The minimum absolute atomic E-state index is 0.234. The summed E-state index contributed by atoms with van der Waals surface area (Å²) in [6.45, 7) is 9.33. The van der Waals surface area contributed by atoms with Gasteiger partial charge in [0.2, 0.25) is 0 Å². The number of hydrogen-bond donors (Lipinski definition) is 0. The van der Waals surface area contributed by atoms with E-state index in [9.17, 15) is 0 Å². The molecule has 2 heterocycles. The van der Waals surface area contributed by atoms with Crippen molar-refractivity contribution < 1.29 is 9.47 Å². The summed E-state index contributed by atoms with van der Waals surface area (Å²) in [5.41, 5.74) is 1.12. The third kappa shape index (κ3) is 5.06. The lowest BCUT2D eigenvalue weighted by Crippen LogP contribution is -2.45. The molecule has 1 aromatic rings. The maximum Gasteiger partial charge on any atom is 0.184 e. The Morgan fingerprint density at radius 2 is 1.92 bits per heavy atom. The Morgan fingerprint density at radius 3 is 2.60 bits per heavy atom. The van der Waals surface area contributed by atoms with Crippen LogP contribution in [0, 0.1) is 17.8 Å². The molecule has 138 valence electrons. The lowest BCUT2D eigenvalue weighted by molar-refractivity contribution is -0.250. The molecule has 0 amide bonds. The average molecular weight is 379 g/mol. The molecule has 4 heteroatoms. The molecule has 0 N–H and O–H groups in total. The van der Waals surface area contributed by atoms with Crippen LogP contribution in [0.5, 0.6) is 0 Å². The van der Waals surface area contributed by atoms with Crippen molar-refractivity contribution in [2.24, 2.45) is 17.8 Å². The minimum Gasteiger partial charge on any atom is -0.348 e. The van der Waals surface area contributed by atoms with E-state index >= 15 is 0 Å². The molecular weight excluding hydrogens is 348 g/mol. The number of ether oxygens (including phenoxy) is 2. The monoisotopic (exact) mass is 378 g/mol. The lowest BCUT2D eigenvalue weighted by atomic mass is 9.86. The lowest BCUT2D eigenvalue weighted by Gasteiger charge is -2.43. The van der Waals surface area contributed by atoms with Gasteiger partial charge < -0.3 is 9.47 Å². The average Bonchev–Trinajstić information content (AvgIpc) is 2.68. The zero-order valence-electron chi connectivity index (χ0n) is 15.3. The third-order valence-corrected chi connectivity index (χ3v) is 8.35. The van der Waals surface area contributed by atoms with E-state index in [1.807, 2.05) is 6.07 Å². The van der Waals surface area contributed by atoms with Crippen molar-refractivity contribution in [3.63, 3.8) is 0 Å². The molecule has 0 spiro atoms. The first-order valence-electron chi connectivity index (χ1n) is 9.36. The van der Waals surface area contributed by atoms with Crippen molar-refractivity contribution in [2.45, 2.75) is 43.7 Å². The van der Waals surface area contributed by atoms with Gasteiger partial charge in [-0.15, -0.1) is 30.1 Å². The highest BCUT2D eigenvalue weighted by atomic mass is 32.2. The summed E-state index contributed by atoms with van der Waals surface area (Å²) in [6, 6.07) is 10.3. The van der Waals surface area contributed by atoms with Crippen molar-refractivity contribution in [3.8, 4) is 0 Å². The summed E-state index contributed by atoms with van der Waals surface area (Å²) in [7, 11) is 0. The van der Waals surface area contributed by atoms with E-state index in [0.29, 0.717) is 22.3 Å². The van der Waals surface area contributed by atoms with Gasteiger partial charge in [-0.05, 0) is 36.2 Å². The molecule has 0 radical (unpaired) electrons. The normalized spacial score (nSPS) is 30.6. The van der Waals surface area contributed by atoms with Crippen molar-refractivity contribution >= 4 is 23.5 Å². The van der Waals surface area contributed by atoms with Gasteiger partial charge in [0.05, 0.1) is 17.3 Å². The molecule has 5 atom stereocenters. The maximum absolute atomic E-state index is 6.56. The molecule has 0 aromatic heterocycles. The number of allylic oxidation sites excluding steroid dienone is 1. The molecule has 2 aliphatic rings. The Labute approximate surface area is 161 Å². The molecule has 0 bridgehead atoms. The van der Waals surface area contributed by atoms with Crippen molar-refractivity contribution in [1.82, 2.24) is 0 Å². The largest absolute Gasteiger partial charge is 0.348 e. The van der Waals surface area contributed by atoms with Crippen LogP contribution in [-0.2, 0) is 9.47 Å². The van der Waals surface area contributed by atoms with Crippen LogP contribution >= 0.6 is 23.5 Å². The second-order valence-electron chi connectivity index (χ2n) is 7.23. The van der Waals surface area contributed by atoms with E-state index < -0.39 is 0 Å². The van der Waals surface area contributed by atoms with Gasteiger partial charge in [0.1, 0.15) is 0 Å². The maximum atomic E-state index is 6.56. The molecule has 2 aliphatic heterocycles. The van der Waals surface area contributed by atoms with Crippen molar-refractivity contribution in [3.05, 3.63) is 48.6 Å².